The van der Waals surface area contributed by atoms with Crippen molar-refractivity contribution in [2.75, 3.05) is 10.6 Å². The zero-order valence-electron chi connectivity index (χ0n) is 13.6. The molecule has 0 aliphatic heterocycles. The number of ether oxygens (including phenoxy) is 1. The standard InChI is InChI=1S/C17H16ClN3O4/c1-10(16(23)21-15-7-6-13(18)9-19-15)25-17(24)12-4-3-5-14(8-12)20-11(2)22/h3-10H,1-2H3,(H,20,22)(H,19,21,23). The van der Waals surface area contributed by atoms with Crippen molar-refractivity contribution in [1.29, 1.82) is 0 Å². The number of nitrogens with zero attached hydrogens (tertiary/aromatic N) is 1. The first-order valence-corrected chi connectivity index (χ1v) is 7.74. The van der Waals surface area contributed by atoms with E-state index in [0.717, 1.165) is 0 Å². The van der Waals surface area contributed by atoms with Gasteiger partial charge in [0.1, 0.15) is 5.82 Å². The van der Waals surface area contributed by atoms with E-state index in [0.29, 0.717) is 16.5 Å². The number of esters is 1. The Hall–Kier alpha value is -2.93. The molecule has 130 valence electrons. The Morgan fingerprint density at radius 2 is 1.92 bits per heavy atom. The largest absolute Gasteiger partial charge is 0.449 e. The predicted octanol–water partition coefficient (Wildman–Crippen LogP) is 2.88. The van der Waals surface area contributed by atoms with Crippen LogP contribution in [0.4, 0.5) is 11.5 Å². The number of hydrogen-bond donors (Lipinski definition) is 2. The number of benzene rings is 1. The van der Waals surface area contributed by atoms with Gasteiger partial charge in [-0.15, -0.1) is 0 Å². The molecule has 1 atom stereocenters. The third-order valence-electron chi connectivity index (χ3n) is 3.05. The van der Waals surface area contributed by atoms with E-state index in [1.807, 2.05) is 0 Å². The summed E-state index contributed by atoms with van der Waals surface area (Å²) in [6, 6.07) is 9.35. The number of aromatic nitrogens is 1. The molecule has 0 bridgehead atoms. The van der Waals surface area contributed by atoms with Crippen molar-refractivity contribution in [3.63, 3.8) is 0 Å². The van der Waals surface area contributed by atoms with Crippen LogP contribution in [0.1, 0.15) is 24.2 Å². The summed E-state index contributed by atoms with van der Waals surface area (Å²) in [6.07, 6.45) is 0.357. The Kier molecular flexibility index (Phi) is 6.08. The maximum atomic E-state index is 12.1. The van der Waals surface area contributed by atoms with E-state index in [4.69, 9.17) is 16.3 Å². The van der Waals surface area contributed by atoms with Crippen LogP contribution in [-0.4, -0.2) is 28.9 Å². The van der Waals surface area contributed by atoms with Crippen LogP contribution < -0.4 is 10.6 Å². The van der Waals surface area contributed by atoms with Gasteiger partial charge in [0.2, 0.25) is 5.91 Å². The molecule has 1 unspecified atom stereocenters. The van der Waals surface area contributed by atoms with Crippen molar-refractivity contribution in [3.8, 4) is 0 Å². The second-order valence-electron chi connectivity index (χ2n) is 5.16. The number of amides is 2. The minimum atomic E-state index is -1.03. The molecule has 0 saturated heterocycles. The quantitative estimate of drug-likeness (QED) is 0.798. The van der Waals surface area contributed by atoms with Gasteiger partial charge in [0.05, 0.1) is 10.6 Å². The SMILES string of the molecule is CC(=O)Nc1cccc(C(=O)OC(C)C(=O)Nc2ccc(Cl)cn2)c1. The van der Waals surface area contributed by atoms with Gasteiger partial charge in [-0.2, -0.15) is 0 Å². The predicted molar refractivity (Wildman–Crippen MR) is 93.5 cm³/mol. The second-order valence-corrected chi connectivity index (χ2v) is 5.60. The Morgan fingerprint density at radius 3 is 2.56 bits per heavy atom. The number of rotatable bonds is 5. The molecule has 25 heavy (non-hydrogen) atoms. The first-order chi connectivity index (χ1) is 11.8. The van der Waals surface area contributed by atoms with Gasteiger partial charge in [-0.05, 0) is 37.3 Å². The van der Waals surface area contributed by atoms with Crippen molar-refractivity contribution < 1.29 is 19.1 Å². The number of carbonyl (C=O) groups excluding carboxylic acids is 3. The summed E-state index contributed by atoms with van der Waals surface area (Å²) in [5, 5.41) is 5.53. The summed E-state index contributed by atoms with van der Waals surface area (Å²) in [5.41, 5.74) is 0.680. The molecule has 1 aromatic heterocycles. The molecule has 2 aromatic rings. The van der Waals surface area contributed by atoms with E-state index in [1.54, 1.807) is 18.2 Å². The first kappa shape index (κ1) is 18.4. The summed E-state index contributed by atoms with van der Waals surface area (Å²) in [6.45, 7) is 2.81. The molecule has 2 rings (SSSR count). The van der Waals surface area contributed by atoms with Gasteiger partial charge < -0.3 is 15.4 Å². The van der Waals surface area contributed by atoms with E-state index in [2.05, 4.69) is 15.6 Å². The van der Waals surface area contributed by atoms with Crippen LogP contribution in [-0.2, 0) is 14.3 Å². The van der Waals surface area contributed by atoms with Crippen LogP contribution in [0.15, 0.2) is 42.6 Å². The van der Waals surface area contributed by atoms with Crippen molar-refractivity contribution >= 4 is 40.9 Å². The van der Waals surface area contributed by atoms with Crippen molar-refractivity contribution in [1.82, 2.24) is 4.98 Å². The Balaban J connectivity index is 1.98. The number of nitrogens with one attached hydrogen (secondary N) is 2. The molecule has 1 heterocycles. The monoisotopic (exact) mass is 361 g/mol. The number of anilines is 2. The van der Waals surface area contributed by atoms with Gasteiger partial charge in [0, 0.05) is 18.8 Å². The van der Waals surface area contributed by atoms with E-state index >= 15 is 0 Å². The molecule has 0 aliphatic rings. The fourth-order valence-corrected chi connectivity index (χ4v) is 2.00. The molecule has 7 nitrogen and oxygen atoms in total. The number of halogens is 1. The van der Waals surface area contributed by atoms with Crippen LogP contribution in [0.2, 0.25) is 5.02 Å². The molecule has 2 N–H and O–H groups in total. The lowest BCUT2D eigenvalue weighted by Gasteiger charge is -2.13. The average molecular weight is 362 g/mol. The summed E-state index contributed by atoms with van der Waals surface area (Å²) < 4.78 is 5.14. The highest BCUT2D eigenvalue weighted by atomic mass is 35.5. The summed E-state index contributed by atoms with van der Waals surface area (Å²) in [7, 11) is 0. The topological polar surface area (TPSA) is 97.4 Å². The van der Waals surface area contributed by atoms with Crippen LogP contribution in [0.3, 0.4) is 0 Å². The lowest BCUT2D eigenvalue weighted by atomic mass is 10.2. The summed E-state index contributed by atoms with van der Waals surface area (Å²) in [5.74, 6) is -1.17. The van der Waals surface area contributed by atoms with Gasteiger partial charge in [0.15, 0.2) is 6.10 Å². The van der Waals surface area contributed by atoms with Gasteiger partial charge in [0.25, 0.3) is 5.91 Å². The van der Waals surface area contributed by atoms with Crippen molar-refractivity contribution in [3.05, 3.63) is 53.2 Å². The van der Waals surface area contributed by atoms with Crippen molar-refractivity contribution in [2.45, 2.75) is 20.0 Å². The minimum absolute atomic E-state index is 0.218. The second kappa shape index (κ2) is 8.25. The molecule has 0 fully saturated rings. The summed E-state index contributed by atoms with van der Waals surface area (Å²) in [4.78, 5) is 39.2. The lowest BCUT2D eigenvalue weighted by molar-refractivity contribution is -0.123. The van der Waals surface area contributed by atoms with Crippen LogP contribution >= 0.6 is 11.6 Å². The highest BCUT2D eigenvalue weighted by Gasteiger charge is 2.19. The molecular weight excluding hydrogens is 346 g/mol. The van der Waals surface area contributed by atoms with Gasteiger partial charge in [-0.3, -0.25) is 9.59 Å². The zero-order valence-corrected chi connectivity index (χ0v) is 14.3. The van der Waals surface area contributed by atoms with E-state index in [-0.39, 0.29) is 11.5 Å². The van der Waals surface area contributed by atoms with E-state index in [9.17, 15) is 14.4 Å². The zero-order chi connectivity index (χ0) is 18.4. The summed E-state index contributed by atoms with van der Waals surface area (Å²) >= 11 is 5.72. The van der Waals surface area contributed by atoms with Crippen molar-refractivity contribution in [2.24, 2.45) is 0 Å². The van der Waals surface area contributed by atoms with Gasteiger partial charge >= 0.3 is 5.97 Å². The van der Waals surface area contributed by atoms with E-state index in [1.165, 1.54) is 38.2 Å². The number of carbonyl (C=O) groups is 3. The number of pyridine rings is 1. The minimum Gasteiger partial charge on any atom is -0.449 e. The molecule has 0 spiro atoms. The van der Waals surface area contributed by atoms with Gasteiger partial charge in [-0.1, -0.05) is 17.7 Å². The van der Waals surface area contributed by atoms with Crippen LogP contribution in [0.5, 0.6) is 0 Å². The average Bonchev–Trinajstić information content (AvgIpc) is 2.56. The first-order valence-electron chi connectivity index (χ1n) is 7.36. The third-order valence-corrected chi connectivity index (χ3v) is 3.27. The fourth-order valence-electron chi connectivity index (χ4n) is 1.89. The van der Waals surface area contributed by atoms with Gasteiger partial charge in [-0.25, -0.2) is 9.78 Å². The number of hydrogen-bond acceptors (Lipinski definition) is 5. The van der Waals surface area contributed by atoms with Crippen LogP contribution in [0.25, 0.3) is 0 Å². The highest BCUT2D eigenvalue weighted by molar-refractivity contribution is 6.30. The molecule has 1 aromatic carbocycles. The van der Waals surface area contributed by atoms with E-state index < -0.39 is 18.0 Å². The lowest BCUT2D eigenvalue weighted by Crippen LogP contribution is -2.30. The third kappa shape index (κ3) is 5.58. The van der Waals surface area contributed by atoms with Crippen LogP contribution in [0, 0.1) is 0 Å². The maximum absolute atomic E-state index is 12.1. The molecule has 2 amide bonds. The molecule has 0 aliphatic carbocycles. The molecule has 0 saturated carbocycles. The Morgan fingerprint density at radius 1 is 1.16 bits per heavy atom. The Labute approximate surface area is 149 Å². The molecular formula is C17H16ClN3O4. The highest BCUT2D eigenvalue weighted by Crippen LogP contribution is 2.14. The smallest absolute Gasteiger partial charge is 0.338 e. The Bertz CT molecular complexity index is 793. The molecule has 0 radical (unpaired) electrons. The molecule has 8 heteroatoms. The fraction of sp³-hybridized carbons (Fsp3) is 0.176. The maximum Gasteiger partial charge on any atom is 0.338 e. The normalized spacial score (nSPS) is 11.3.